The van der Waals surface area contributed by atoms with Gasteiger partial charge in [0.1, 0.15) is 17.2 Å². The lowest BCUT2D eigenvalue weighted by Gasteiger charge is -1.97. The van der Waals surface area contributed by atoms with E-state index in [9.17, 15) is 0 Å². The van der Waals surface area contributed by atoms with E-state index in [1.807, 2.05) is 40.9 Å². The second-order valence-corrected chi connectivity index (χ2v) is 4.55. The van der Waals surface area contributed by atoms with Crippen molar-refractivity contribution in [3.05, 3.63) is 47.2 Å². The third-order valence-electron chi connectivity index (χ3n) is 2.53. The van der Waals surface area contributed by atoms with E-state index in [1.54, 1.807) is 6.20 Å². The number of aromatic nitrogens is 3. The Kier molecular flexibility index (Phi) is 2.33. The summed E-state index contributed by atoms with van der Waals surface area (Å²) in [7, 11) is 0. The van der Waals surface area contributed by atoms with Crippen molar-refractivity contribution in [3.8, 4) is 11.4 Å². The molecule has 3 aromatic heterocycles. The van der Waals surface area contributed by atoms with Crippen molar-refractivity contribution in [1.82, 2.24) is 14.4 Å². The summed E-state index contributed by atoms with van der Waals surface area (Å²) in [5.41, 5.74) is 8.36. The van der Waals surface area contributed by atoms with Crippen molar-refractivity contribution in [1.29, 1.82) is 0 Å². The van der Waals surface area contributed by atoms with Crippen molar-refractivity contribution in [2.45, 2.75) is 0 Å². The quantitative estimate of drug-likeness (QED) is 0.749. The van der Waals surface area contributed by atoms with Gasteiger partial charge < -0.3 is 5.73 Å². The Balaban J connectivity index is 2.28. The Morgan fingerprint density at radius 3 is 2.88 bits per heavy atom. The number of nitrogens with zero attached hydrogens (tertiary/aromatic N) is 3. The van der Waals surface area contributed by atoms with Gasteiger partial charge in [-0.05, 0) is 24.3 Å². The molecule has 0 aliphatic carbocycles. The van der Waals surface area contributed by atoms with Gasteiger partial charge in [-0.25, -0.2) is 4.98 Å². The topological polar surface area (TPSA) is 56.2 Å². The molecule has 17 heavy (non-hydrogen) atoms. The van der Waals surface area contributed by atoms with Crippen LogP contribution in [-0.2, 0) is 0 Å². The number of rotatable bonds is 1. The van der Waals surface area contributed by atoms with E-state index in [-0.39, 0.29) is 0 Å². The molecule has 0 saturated heterocycles. The molecule has 0 aliphatic rings. The highest BCUT2D eigenvalue weighted by Gasteiger charge is 2.11. The number of nitrogen functional groups attached to an aromatic ring is 1. The number of imidazole rings is 1. The van der Waals surface area contributed by atoms with Gasteiger partial charge in [0.05, 0.1) is 5.69 Å². The fourth-order valence-electron chi connectivity index (χ4n) is 1.73. The van der Waals surface area contributed by atoms with Crippen LogP contribution in [0.5, 0.6) is 0 Å². The molecular weight excluding hydrogens is 280 g/mol. The molecule has 84 valence electrons. The van der Waals surface area contributed by atoms with Crippen LogP contribution in [-0.4, -0.2) is 14.4 Å². The van der Waals surface area contributed by atoms with Crippen LogP contribution in [0.2, 0.25) is 0 Å². The molecular formula is C12H9BrN4. The zero-order chi connectivity index (χ0) is 11.8. The SMILES string of the molecule is Nc1c(-c2ccccn2)nc2cc(Br)ccn12. The van der Waals surface area contributed by atoms with Gasteiger partial charge in [0.25, 0.3) is 0 Å². The lowest BCUT2D eigenvalue weighted by molar-refractivity contribution is 1.19. The third-order valence-corrected chi connectivity index (χ3v) is 3.03. The molecule has 0 unspecified atom stereocenters. The molecule has 2 N–H and O–H groups in total. The molecule has 0 atom stereocenters. The first-order chi connectivity index (χ1) is 8.25. The number of halogens is 1. The van der Waals surface area contributed by atoms with Gasteiger partial charge in [0, 0.05) is 16.9 Å². The minimum absolute atomic E-state index is 0.603. The van der Waals surface area contributed by atoms with Crippen LogP contribution in [0.25, 0.3) is 17.0 Å². The first-order valence-corrected chi connectivity index (χ1v) is 5.89. The van der Waals surface area contributed by atoms with E-state index < -0.39 is 0 Å². The van der Waals surface area contributed by atoms with Gasteiger partial charge in [-0.2, -0.15) is 0 Å². The Labute approximate surface area is 106 Å². The predicted molar refractivity (Wildman–Crippen MR) is 70.5 cm³/mol. The lowest BCUT2D eigenvalue weighted by atomic mass is 10.3. The summed E-state index contributed by atoms with van der Waals surface area (Å²) < 4.78 is 2.82. The smallest absolute Gasteiger partial charge is 0.140 e. The maximum atomic E-state index is 6.07. The molecule has 0 spiro atoms. The fourth-order valence-corrected chi connectivity index (χ4v) is 2.05. The van der Waals surface area contributed by atoms with Crippen LogP contribution in [0.1, 0.15) is 0 Å². The van der Waals surface area contributed by atoms with Gasteiger partial charge in [-0.3, -0.25) is 9.38 Å². The number of hydrogen-bond acceptors (Lipinski definition) is 3. The Morgan fingerprint density at radius 2 is 2.12 bits per heavy atom. The highest BCUT2D eigenvalue weighted by molar-refractivity contribution is 9.10. The van der Waals surface area contributed by atoms with E-state index >= 15 is 0 Å². The maximum absolute atomic E-state index is 6.07. The molecule has 5 heteroatoms. The van der Waals surface area contributed by atoms with Crippen molar-refractivity contribution >= 4 is 27.4 Å². The van der Waals surface area contributed by atoms with Crippen LogP contribution in [0.15, 0.2) is 47.2 Å². The lowest BCUT2D eigenvalue weighted by Crippen LogP contribution is -1.94. The molecule has 0 aliphatic heterocycles. The zero-order valence-electron chi connectivity index (χ0n) is 8.84. The van der Waals surface area contributed by atoms with E-state index in [1.165, 1.54) is 0 Å². The molecule has 0 bridgehead atoms. The van der Waals surface area contributed by atoms with E-state index in [2.05, 4.69) is 25.9 Å². The summed E-state index contributed by atoms with van der Waals surface area (Å²) in [6.45, 7) is 0. The summed E-state index contributed by atoms with van der Waals surface area (Å²) in [4.78, 5) is 8.75. The van der Waals surface area contributed by atoms with Crippen molar-refractivity contribution in [2.75, 3.05) is 5.73 Å². The number of pyridine rings is 2. The first kappa shape index (κ1) is 10.3. The van der Waals surface area contributed by atoms with Crippen molar-refractivity contribution in [2.24, 2.45) is 0 Å². The monoisotopic (exact) mass is 288 g/mol. The van der Waals surface area contributed by atoms with Gasteiger partial charge in [-0.1, -0.05) is 22.0 Å². The van der Waals surface area contributed by atoms with E-state index in [0.29, 0.717) is 11.5 Å². The van der Waals surface area contributed by atoms with Gasteiger partial charge in [-0.15, -0.1) is 0 Å². The van der Waals surface area contributed by atoms with E-state index in [0.717, 1.165) is 15.8 Å². The molecule has 0 amide bonds. The fraction of sp³-hybridized carbons (Fsp3) is 0. The minimum Gasteiger partial charge on any atom is -0.383 e. The molecule has 3 rings (SSSR count). The molecule has 4 nitrogen and oxygen atoms in total. The standard InChI is InChI=1S/C12H9BrN4/c13-8-4-6-17-10(7-8)16-11(12(17)14)9-3-1-2-5-15-9/h1-7H,14H2. The van der Waals surface area contributed by atoms with Crippen LogP contribution in [0, 0.1) is 0 Å². The Bertz CT molecular complexity index is 676. The summed E-state index contributed by atoms with van der Waals surface area (Å²) in [5.74, 6) is 0.603. The predicted octanol–water partition coefficient (Wildman–Crippen LogP) is 2.74. The average molecular weight is 289 g/mol. The number of fused-ring (bicyclic) bond motifs is 1. The molecule has 0 saturated carbocycles. The Hall–Kier alpha value is -1.88. The minimum atomic E-state index is 0.603. The van der Waals surface area contributed by atoms with Crippen LogP contribution in [0.4, 0.5) is 5.82 Å². The largest absolute Gasteiger partial charge is 0.383 e. The maximum Gasteiger partial charge on any atom is 0.140 e. The highest BCUT2D eigenvalue weighted by atomic mass is 79.9. The number of anilines is 1. The van der Waals surface area contributed by atoms with E-state index in [4.69, 9.17) is 5.73 Å². The molecule has 3 heterocycles. The second-order valence-electron chi connectivity index (χ2n) is 3.63. The molecule has 0 aromatic carbocycles. The summed E-state index contributed by atoms with van der Waals surface area (Å²) in [5, 5.41) is 0. The normalized spacial score (nSPS) is 10.9. The number of nitrogens with two attached hydrogens (primary N) is 1. The molecule has 3 aromatic rings. The van der Waals surface area contributed by atoms with Gasteiger partial charge in [0.2, 0.25) is 0 Å². The van der Waals surface area contributed by atoms with Crippen molar-refractivity contribution in [3.63, 3.8) is 0 Å². The molecule has 0 fully saturated rings. The van der Waals surface area contributed by atoms with Crippen LogP contribution >= 0.6 is 15.9 Å². The summed E-state index contributed by atoms with van der Waals surface area (Å²) in [6, 6.07) is 9.52. The average Bonchev–Trinajstić information content (AvgIpc) is 2.67. The van der Waals surface area contributed by atoms with Crippen LogP contribution < -0.4 is 5.73 Å². The summed E-state index contributed by atoms with van der Waals surface area (Å²) in [6.07, 6.45) is 3.61. The molecule has 0 radical (unpaired) electrons. The van der Waals surface area contributed by atoms with Crippen LogP contribution in [0.3, 0.4) is 0 Å². The Morgan fingerprint density at radius 1 is 1.24 bits per heavy atom. The highest BCUT2D eigenvalue weighted by Crippen LogP contribution is 2.25. The summed E-state index contributed by atoms with van der Waals surface area (Å²) >= 11 is 3.41. The number of hydrogen-bond donors (Lipinski definition) is 1. The third kappa shape index (κ3) is 1.68. The second kappa shape index (κ2) is 3.85. The van der Waals surface area contributed by atoms with Gasteiger partial charge >= 0.3 is 0 Å². The zero-order valence-corrected chi connectivity index (χ0v) is 10.4. The van der Waals surface area contributed by atoms with Crippen molar-refractivity contribution < 1.29 is 0 Å². The van der Waals surface area contributed by atoms with Gasteiger partial charge in [0.15, 0.2) is 0 Å². The first-order valence-electron chi connectivity index (χ1n) is 5.10.